The second-order valence-electron chi connectivity index (χ2n) is 6.03. The van der Waals surface area contributed by atoms with Gasteiger partial charge in [0.1, 0.15) is 5.75 Å². The maximum atomic E-state index is 11.7. The van der Waals surface area contributed by atoms with Crippen LogP contribution in [0.2, 0.25) is 5.02 Å². The molecule has 1 saturated carbocycles. The van der Waals surface area contributed by atoms with Gasteiger partial charge < -0.3 is 4.74 Å². The first-order chi connectivity index (χ1) is 10.1. The molecule has 0 amide bonds. The van der Waals surface area contributed by atoms with Crippen LogP contribution in [0.1, 0.15) is 55.8 Å². The molecule has 0 saturated heterocycles. The summed E-state index contributed by atoms with van der Waals surface area (Å²) in [5.41, 5.74) is 0.755. The molecule has 0 N–H and O–H groups in total. The highest BCUT2D eigenvalue weighted by Crippen LogP contribution is 2.37. The van der Waals surface area contributed by atoms with Crippen molar-refractivity contribution >= 4 is 33.3 Å². The Morgan fingerprint density at radius 1 is 1.29 bits per heavy atom. The summed E-state index contributed by atoms with van der Waals surface area (Å²) in [7, 11) is 0. The first-order valence-electron chi connectivity index (χ1n) is 7.56. The van der Waals surface area contributed by atoms with Gasteiger partial charge in [0.2, 0.25) is 0 Å². The standard InChI is InChI=1S/C17H22BrClO2/c1-13(20)15-10-14(19)6-7-16(15)21-12-17(11-18)8-4-2-3-5-9-17/h6-7,10H,2-5,8-9,11-12H2,1H3. The smallest absolute Gasteiger partial charge is 0.163 e. The van der Waals surface area contributed by atoms with E-state index in [-0.39, 0.29) is 11.2 Å². The number of ketones is 1. The fraction of sp³-hybridized carbons (Fsp3) is 0.588. The molecule has 1 aliphatic rings. The van der Waals surface area contributed by atoms with Crippen molar-refractivity contribution in [2.24, 2.45) is 5.41 Å². The van der Waals surface area contributed by atoms with Gasteiger partial charge in [-0.05, 0) is 38.0 Å². The van der Waals surface area contributed by atoms with Gasteiger partial charge in [0.05, 0.1) is 12.2 Å². The van der Waals surface area contributed by atoms with Crippen LogP contribution in [0.25, 0.3) is 0 Å². The van der Waals surface area contributed by atoms with Crippen molar-refractivity contribution in [3.63, 3.8) is 0 Å². The van der Waals surface area contributed by atoms with Gasteiger partial charge in [-0.15, -0.1) is 0 Å². The molecule has 0 bridgehead atoms. The molecular formula is C17H22BrClO2. The SMILES string of the molecule is CC(=O)c1cc(Cl)ccc1OCC1(CBr)CCCCCC1. The molecule has 1 aliphatic carbocycles. The fourth-order valence-corrected chi connectivity index (χ4v) is 3.82. The van der Waals surface area contributed by atoms with Crippen LogP contribution in [0.15, 0.2) is 18.2 Å². The lowest BCUT2D eigenvalue weighted by Crippen LogP contribution is -2.30. The molecule has 0 aromatic heterocycles. The van der Waals surface area contributed by atoms with E-state index in [9.17, 15) is 4.79 Å². The summed E-state index contributed by atoms with van der Waals surface area (Å²) in [5, 5.41) is 1.51. The van der Waals surface area contributed by atoms with Crippen LogP contribution in [0.3, 0.4) is 0 Å². The van der Waals surface area contributed by atoms with Crippen molar-refractivity contribution in [1.29, 1.82) is 0 Å². The highest BCUT2D eigenvalue weighted by atomic mass is 79.9. The third kappa shape index (κ3) is 4.46. The Hall–Kier alpha value is -0.540. The predicted octanol–water partition coefficient (Wildman–Crippen LogP) is 5.66. The summed E-state index contributed by atoms with van der Waals surface area (Å²) in [6.45, 7) is 2.20. The number of hydrogen-bond donors (Lipinski definition) is 0. The summed E-state index contributed by atoms with van der Waals surface area (Å²) >= 11 is 9.64. The molecule has 1 aromatic carbocycles. The molecule has 116 valence electrons. The Bertz CT molecular complexity index is 494. The first kappa shape index (κ1) is 16.8. The highest BCUT2D eigenvalue weighted by molar-refractivity contribution is 9.09. The van der Waals surface area contributed by atoms with E-state index in [1.54, 1.807) is 25.1 Å². The molecule has 0 atom stereocenters. The van der Waals surface area contributed by atoms with Crippen LogP contribution in [0.5, 0.6) is 5.75 Å². The van der Waals surface area contributed by atoms with Gasteiger partial charge in [0.15, 0.2) is 5.78 Å². The fourth-order valence-electron chi connectivity index (χ4n) is 2.93. The average Bonchev–Trinajstić information content (AvgIpc) is 2.72. The maximum Gasteiger partial charge on any atom is 0.163 e. The number of halogens is 2. The molecular weight excluding hydrogens is 352 g/mol. The van der Waals surface area contributed by atoms with Crippen LogP contribution in [-0.2, 0) is 0 Å². The maximum absolute atomic E-state index is 11.7. The normalized spacial score (nSPS) is 18.0. The van der Waals surface area contributed by atoms with Crippen molar-refractivity contribution < 1.29 is 9.53 Å². The molecule has 0 heterocycles. The number of Topliss-reactive ketones (excluding diaryl/α,β-unsaturated/α-hetero) is 1. The molecule has 0 radical (unpaired) electrons. The summed E-state index contributed by atoms with van der Waals surface area (Å²) in [6, 6.07) is 5.27. The van der Waals surface area contributed by atoms with Gasteiger partial charge in [-0.2, -0.15) is 0 Å². The summed E-state index contributed by atoms with van der Waals surface area (Å²) < 4.78 is 6.03. The summed E-state index contributed by atoms with van der Waals surface area (Å²) in [6.07, 6.45) is 7.51. The monoisotopic (exact) mass is 372 g/mol. The van der Waals surface area contributed by atoms with Crippen molar-refractivity contribution in [3.05, 3.63) is 28.8 Å². The van der Waals surface area contributed by atoms with Crippen LogP contribution in [0, 0.1) is 5.41 Å². The number of ether oxygens (including phenoxy) is 1. The zero-order valence-corrected chi connectivity index (χ0v) is 14.8. The van der Waals surface area contributed by atoms with E-state index in [2.05, 4.69) is 15.9 Å². The average molecular weight is 374 g/mol. The molecule has 4 heteroatoms. The lowest BCUT2D eigenvalue weighted by atomic mass is 9.83. The number of carbonyl (C=O) groups excluding carboxylic acids is 1. The van der Waals surface area contributed by atoms with Gasteiger partial charge in [0.25, 0.3) is 0 Å². The predicted molar refractivity (Wildman–Crippen MR) is 90.9 cm³/mol. The molecule has 2 nitrogen and oxygen atoms in total. The van der Waals surface area contributed by atoms with Gasteiger partial charge in [-0.25, -0.2) is 0 Å². The number of hydrogen-bond acceptors (Lipinski definition) is 2. The van der Waals surface area contributed by atoms with Crippen molar-refractivity contribution in [3.8, 4) is 5.75 Å². The topological polar surface area (TPSA) is 26.3 Å². The number of benzene rings is 1. The minimum Gasteiger partial charge on any atom is -0.492 e. The third-order valence-corrected chi connectivity index (χ3v) is 5.73. The van der Waals surface area contributed by atoms with Gasteiger partial charge >= 0.3 is 0 Å². The Balaban J connectivity index is 2.12. The number of rotatable bonds is 5. The van der Waals surface area contributed by atoms with Gasteiger partial charge in [0, 0.05) is 15.8 Å². The Kier molecular flexibility index (Phi) is 6.12. The second kappa shape index (κ2) is 7.64. The minimum absolute atomic E-state index is 0.0127. The second-order valence-corrected chi connectivity index (χ2v) is 7.03. The Morgan fingerprint density at radius 2 is 1.95 bits per heavy atom. The van der Waals surface area contributed by atoms with E-state index in [0.29, 0.717) is 22.9 Å². The van der Waals surface area contributed by atoms with E-state index in [4.69, 9.17) is 16.3 Å². The largest absolute Gasteiger partial charge is 0.492 e. The zero-order chi connectivity index (χ0) is 15.3. The zero-order valence-electron chi connectivity index (χ0n) is 12.5. The summed E-state index contributed by atoms with van der Waals surface area (Å²) in [5.74, 6) is 0.637. The quantitative estimate of drug-likeness (QED) is 0.378. The molecule has 1 aromatic rings. The van der Waals surface area contributed by atoms with E-state index >= 15 is 0 Å². The van der Waals surface area contributed by atoms with Crippen molar-refractivity contribution in [1.82, 2.24) is 0 Å². The van der Waals surface area contributed by atoms with Crippen LogP contribution in [0.4, 0.5) is 0 Å². The highest BCUT2D eigenvalue weighted by Gasteiger charge is 2.31. The molecule has 0 aliphatic heterocycles. The van der Waals surface area contributed by atoms with Gasteiger partial charge in [-0.3, -0.25) is 4.79 Å². The number of carbonyl (C=O) groups is 1. The lowest BCUT2D eigenvalue weighted by Gasteiger charge is -2.31. The lowest BCUT2D eigenvalue weighted by molar-refractivity contribution is 0.100. The van der Waals surface area contributed by atoms with E-state index in [0.717, 1.165) is 5.33 Å². The number of alkyl halides is 1. The van der Waals surface area contributed by atoms with E-state index in [1.807, 2.05) is 0 Å². The van der Waals surface area contributed by atoms with Crippen LogP contribution in [-0.4, -0.2) is 17.7 Å². The van der Waals surface area contributed by atoms with Crippen molar-refractivity contribution in [2.75, 3.05) is 11.9 Å². The van der Waals surface area contributed by atoms with Crippen LogP contribution >= 0.6 is 27.5 Å². The molecule has 0 unspecified atom stereocenters. The Labute approximate surface area is 140 Å². The van der Waals surface area contributed by atoms with E-state index < -0.39 is 0 Å². The molecule has 1 fully saturated rings. The van der Waals surface area contributed by atoms with Gasteiger partial charge in [-0.1, -0.05) is 53.2 Å². The molecule has 21 heavy (non-hydrogen) atoms. The van der Waals surface area contributed by atoms with Crippen molar-refractivity contribution in [2.45, 2.75) is 45.4 Å². The van der Waals surface area contributed by atoms with E-state index in [1.165, 1.54) is 38.5 Å². The molecule has 0 spiro atoms. The summed E-state index contributed by atoms with van der Waals surface area (Å²) in [4.78, 5) is 11.7. The Morgan fingerprint density at radius 3 is 2.52 bits per heavy atom. The minimum atomic E-state index is -0.0127. The first-order valence-corrected chi connectivity index (χ1v) is 9.05. The third-order valence-electron chi connectivity index (χ3n) is 4.30. The van der Waals surface area contributed by atoms with Crippen LogP contribution < -0.4 is 4.74 Å². The molecule has 2 rings (SSSR count).